The van der Waals surface area contributed by atoms with E-state index in [1.165, 1.54) is 0 Å². The molecule has 132 valence electrons. The molecule has 1 aliphatic rings. The van der Waals surface area contributed by atoms with Crippen molar-refractivity contribution in [1.82, 2.24) is 10.1 Å². The summed E-state index contributed by atoms with van der Waals surface area (Å²) in [5.41, 5.74) is 1.74. The van der Waals surface area contributed by atoms with Gasteiger partial charge in [-0.25, -0.2) is 0 Å². The minimum atomic E-state index is -0.835. The number of benzene rings is 2. The second-order valence-corrected chi connectivity index (χ2v) is 5.98. The van der Waals surface area contributed by atoms with Crippen LogP contribution in [0.5, 0.6) is 11.5 Å². The molecule has 0 bridgehead atoms. The maximum atomic E-state index is 10.9. The summed E-state index contributed by atoms with van der Waals surface area (Å²) in [5, 5.41) is 12.9. The van der Waals surface area contributed by atoms with E-state index in [0.717, 1.165) is 11.1 Å². The van der Waals surface area contributed by atoms with E-state index in [1.54, 1.807) is 12.1 Å². The lowest BCUT2D eigenvalue weighted by Gasteiger charge is -2.07. The molecule has 26 heavy (non-hydrogen) atoms. The summed E-state index contributed by atoms with van der Waals surface area (Å²) < 4.78 is 16.5. The molecule has 0 radical (unpaired) electrons. The minimum absolute atomic E-state index is 0.0539. The first-order chi connectivity index (χ1) is 12.7. The molecule has 7 nitrogen and oxygen atoms in total. The first-order valence-electron chi connectivity index (χ1n) is 8.18. The molecule has 0 amide bonds. The summed E-state index contributed by atoms with van der Waals surface area (Å²) in [6.07, 6.45) is 0.0539. The molecule has 1 aromatic heterocycles. The Kier molecular flexibility index (Phi) is 4.27. The standard InChI is InChI=1S/C19H16N2O5/c22-18(23)8-13-10-25-16-9-14(6-7-15(13)16)24-11-17-20-19(26-21-17)12-4-2-1-3-5-12/h1-7,9,13H,8,10-11H2,(H,22,23). The van der Waals surface area contributed by atoms with Gasteiger partial charge >= 0.3 is 5.97 Å². The van der Waals surface area contributed by atoms with Crippen LogP contribution in [0, 0.1) is 0 Å². The summed E-state index contributed by atoms with van der Waals surface area (Å²) in [6.45, 7) is 0.532. The maximum absolute atomic E-state index is 10.9. The van der Waals surface area contributed by atoms with Gasteiger partial charge in [-0.1, -0.05) is 29.4 Å². The maximum Gasteiger partial charge on any atom is 0.304 e. The molecule has 0 spiro atoms. The lowest BCUT2D eigenvalue weighted by Crippen LogP contribution is -2.07. The van der Waals surface area contributed by atoms with Crippen LogP contribution in [0.4, 0.5) is 0 Å². The fraction of sp³-hybridized carbons (Fsp3) is 0.211. The van der Waals surface area contributed by atoms with Crippen molar-refractivity contribution in [3.05, 3.63) is 59.9 Å². The normalized spacial score (nSPS) is 15.3. The predicted molar refractivity (Wildman–Crippen MR) is 91.0 cm³/mol. The van der Waals surface area contributed by atoms with E-state index in [9.17, 15) is 4.79 Å². The van der Waals surface area contributed by atoms with Crippen molar-refractivity contribution in [3.8, 4) is 23.0 Å². The number of fused-ring (bicyclic) bond motifs is 1. The zero-order chi connectivity index (χ0) is 17.9. The Morgan fingerprint density at radius 1 is 1.23 bits per heavy atom. The van der Waals surface area contributed by atoms with Gasteiger partial charge in [0, 0.05) is 23.1 Å². The number of carboxylic acids is 1. The molecule has 1 unspecified atom stereocenters. The van der Waals surface area contributed by atoms with Crippen molar-refractivity contribution < 1.29 is 23.9 Å². The van der Waals surface area contributed by atoms with Crippen LogP contribution in [-0.2, 0) is 11.4 Å². The fourth-order valence-corrected chi connectivity index (χ4v) is 2.89. The highest BCUT2D eigenvalue weighted by molar-refractivity contribution is 5.68. The number of aromatic nitrogens is 2. The third-order valence-electron chi connectivity index (χ3n) is 4.14. The van der Waals surface area contributed by atoms with Gasteiger partial charge in [0.05, 0.1) is 13.0 Å². The largest absolute Gasteiger partial charge is 0.492 e. The summed E-state index contributed by atoms with van der Waals surface area (Å²) in [4.78, 5) is 15.2. The molecule has 2 heterocycles. The van der Waals surface area contributed by atoms with Crippen LogP contribution < -0.4 is 9.47 Å². The summed E-state index contributed by atoms with van der Waals surface area (Å²) in [7, 11) is 0. The van der Waals surface area contributed by atoms with Gasteiger partial charge in [-0.15, -0.1) is 0 Å². The minimum Gasteiger partial charge on any atom is -0.492 e. The smallest absolute Gasteiger partial charge is 0.304 e. The Hall–Kier alpha value is -3.35. The van der Waals surface area contributed by atoms with Crippen LogP contribution >= 0.6 is 0 Å². The van der Waals surface area contributed by atoms with Gasteiger partial charge in [-0.2, -0.15) is 4.98 Å². The highest BCUT2D eigenvalue weighted by Gasteiger charge is 2.26. The highest BCUT2D eigenvalue weighted by atomic mass is 16.5. The molecule has 3 aromatic rings. The van der Waals surface area contributed by atoms with Crippen LogP contribution in [0.15, 0.2) is 53.1 Å². The van der Waals surface area contributed by atoms with Crippen LogP contribution in [0.25, 0.3) is 11.5 Å². The first kappa shape index (κ1) is 16.1. The van der Waals surface area contributed by atoms with Gasteiger partial charge in [0.25, 0.3) is 5.89 Å². The van der Waals surface area contributed by atoms with Gasteiger partial charge < -0.3 is 19.1 Å². The van der Waals surface area contributed by atoms with Crippen LogP contribution in [0.1, 0.15) is 23.7 Å². The lowest BCUT2D eigenvalue weighted by molar-refractivity contribution is -0.137. The summed E-state index contributed by atoms with van der Waals surface area (Å²) in [5.74, 6) is 1.19. The third kappa shape index (κ3) is 3.37. The molecule has 1 N–H and O–H groups in total. The van der Waals surface area contributed by atoms with Crippen LogP contribution in [0.2, 0.25) is 0 Å². The number of carbonyl (C=O) groups is 1. The molecular formula is C19H16N2O5. The Morgan fingerprint density at radius 2 is 2.08 bits per heavy atom. The second kappa shape index (κ2) is 6.87. The van der Waals surface area contributed by atoms with Gasteiger partial charge in [0.2, 0.25) is 5.82 Å². The van der Waals surface area contributed by atoms with Crippen molar-refractivity contribution >= 4 is 5.97 Å². The van der Waals surface area contributed by atoms with Gasteiger partial charge in [-0.3, -0.25) is 4.79 Å². The second-order valence-electron chi connectivity index (χ2n) is 5.98. The van der Waals surface area contributed by atoms with E-state index in [4.69, 9.17) is 19.1 Å². The van der Waals surface area contributed by atoms with Gasteiger partial charge in [0.15, 0.2) is 6.61 Å². The van der Waals surface area contributed by atoms with Gasteiger partial charge in [0.1, 0.15) is 11.5 Å². The van der Waals surface area contributed by atoms with Crippen LogP contribution in [0.3, 0.4) is 0 Å². The molecule has 1 atom stereocenters. The van der Waals surface area contributed by atoms with E-state index in [2.05, 4.69) is 10.1 Å². The molecule has 7 heteroatoms. The monoisotopic (exact) mass is 352 g/mol. The topological polar surface area (TPSA) is 94.7 Å². The number of hydrogen-bond donors (Lipinski definition) is 1. The molecule has 1 aliphatic heterocycles. The molecular weight excluding hydrogens is 336 g/mol. The Morgan fingerprint density at radius 3 is 2.88 bits per heavy atom. The number of hydrogen-bond acceptors (Lipinski definition) is 6. The third-order valence-corrected chi connectivity index (χ3v) is 4.14. The number of aliphatic carboxylic acids is 1. The van der Waals surface area contributed by atoms with Gasteiger partial charge in [-0.05, 0) is 18.2 Å². The molecule has 4 rings (SSSR count). The number of carboxylic acid groups (broad SMARTS) is 1. The predicted octanol–water partition coefficient (Wildman–Crippen LogP) is 3.27. The van der Waals surface area contributed by atoms with Crippen molar-refractivity contribution in [1.29, 1.82) is 0 Å². The highest BCUT2D eigenvalue weighted by Crippen LogP contribution is 2.38. The first-order valence-corrected chi connectivity index (χ1v) is 8.18. The fourth-order valence-electron chi connectivity index (χ4n) is 2.89. The van der Waals surface area contributed by atoms with E-state index in [1.807, 2.05) is 36.4 Å². The SMILES string of the molecule is O=C(O)CC1COc2cc(OCc3noc(-c4ccccc4)n3)ccc21. The molecule has 0 aliphatic carbocycles. The van der Waals surface area contributed by atoms with E-state index in [0.29, 0.717) is 29.8 Å². The zero-order valence-corrected chi connectivity index (χ0v) is 13.8. The van der Waals surface area contributed by atoms with Crippen molar-refractivity contribution in [2.75, 3.05) is 6.61 Å². The number of ether oxygens (including phenoxy) is 2. The number of nitrogens with zero attached hydrogens (tertiary/aromatic N) is 2. The van der Waals surface area contributed by atoms with E-state index >= 15 is 0 Å². The van der Waals surface area contributed by atoms with Crippen molar-refractivity contribution in [2.45, 2.75) is 18.9 Å². The van der Waals surface area contributed by atoms with E-state index < -0.39 is 5.97 Å². The van der Waals surface area contributed by atoms with Crippen LogP contribution in [-0.4, -0.2) is 27.8 Å². The average Bonchev–Trinajstić information content (AvgIpc) is 3.27. The molecule has 0 saturated heterocycles. The Labute approximate surface area is 149 Å². The van der Waals surface area contributed by atoms with Crippen molar-refractivity contribution in [2.24, 2.45) is 0 Å². The quantitative estimate of drug-likeness (QED) is 0.727. The molecule has 2 aromatic carbocycles. The Balaban J connectivity index is 1.42. The summed E-state index contributed by atoms with van der Waals surface area (Å²) >= 11 is 0. The lowest BCUT2D eigenvalue weighted by atomic mass is 9.98. The van der Waals surface area contributed by atoms with Crippen molar-refractivity contribution in [3.63, 3.8) is 0 Å². The Bertz CT molecular complexity index is 923. The average molecular weight is 352 g/mol. The van der Waals surface area contributed by atoms with E-state index in [-0.39, 0.29) is 18.9 Å². The summed E-state index contributed by atoms with van der Waals surface area (Å²) in [6, 6.07) is 14.9. The molecule has 0 saturated carbocycles. The number of rotatable bonds is 6. The molecule has 0 fully saturated rings. The zero-order valence-electron chi connectivity index (χ0n) is 13.8.